The predicted molar refractivity (Wildman–Crippen MR) is 86.9 cm³/mol. The molecule has 0 radical (unpaired) electrons. The minimum atomic E-state index is -0.258. The maximum atomic E-state index is 12.5. The lowest BCUT2D eigenvalue weighted by atomic mass is 10.1. The van der Waals surface area contributed by atoms with Crippen molar-refractivity contribution >= 4 is 29.1 Å². The Morgan fingerprint density at radius 2 is 2.05 bits per heavy atom. The molecule has 2 fully saturated rings. The third-order valence-corrected chi connectivity index (χ3v) is 4.99. The molecule has 1 saturated carbocycles. The molecule has 1 aromatic rings. The van der Waals surface area contributed by atoms with Gasteiger partial charge in [0.05, 0.1) is 5.92 Å². The number of carbonyl (C=O) groups is 2. The number of carbonyl (C=O) groups excluding carboxylic acids is 2. The second kappa shape index (κ2) is 6.29. The van der Waals surface area contributed by atoms with E-state index in [4.69, 9.17) is 11.6 Å². The van der Waals surface area contributed by atoms with Crippen molar-refractivity contribution in [3.8, 4) is 0 Å². The van der Waals surface area contributed by atoms with Crippen LogP contribution in [-0.2, 0) is 9.59 Å². The minimum absolute atomic E-state index is 0.0841. The fourth-order valence-corrected chi connectivity index (χ4v) is 3.61. The number of likely N-dealkylation sites (tertiary alicyclic amines) is 1. The smallest absolute Gasteiger partial charge is 0.229 e. The van der Waals surface area contributed by atoms with Gasteiger partial charge in [-0.05, 0) is 37.5 Å². The molecule has 2 aliphatic rings. The highest BCUT2D eigenvalue weighted by molar-refractivity contribution is 6.31. The summed E-state index contributed by atoms with van der Waals surface area (Å²) in [6.45, 7) is 2.48. The molecule has 5 heteroatoms. The van der Waals surface area contributed by atoms with Crippen molar-refractivity contribution in [3.05, 3.63) is 28.8 Å². The quantitative estimate of drug-likeness (QED) is 0.928. The largest absolute Gasteiger partial charge is 0.339 e. The molecule has 1 atom stereocenters. The Morgan fingerprint density at radius 3 is 2.77 bits per heavy atom. The van der Waals surface area contributed by atoms with Crippen LogP contribution in [0.4, 0.5) is 5.69 Å². The van der Waals surface area contributed by atoms with E-state index in [2.05, 4.69) is 5.32 Å². The monoisotopic (exact) mass is 320 g/mol. The van der Waals surface area contributed by atoms with Crippen LogP contribution in [0.15, 0.2) is 18.2 Å². The van der Waals surface area contributed by atoms with E-state index in [0.717, 1.165) is 24.1 Å². The summed E-state index contributed by atoms with van der Waals surface area (Å²) in [5.74, 6) is -0.222. The summed E-state index contributed by atoms with van der Waals surface area (Å²) in [5.41, 5.74) is 1.69. The molecule has 1 N–H and O–H groups in total. The third kappa shape index (κ3) is 3.12. The number of halogens is 1. The molecule has 1 saturated heterocycles. The number of nitrogens with one attached hydrogen (secondary N) is 1. The SMILES string of the molecule is Cc1ccc(Cl)cc1NC(=O)C1CC(=O)N(C2CCCC2)C1. The van der Waals surface area contributed by atoms with Crippen molar-refractivity contribution in [3.63, 3.8) is 0 Å². The van der Waals surface area contributed by atoms with Crippen molar-refractivity contribution in [1.29, 1.82) is 0 Å². The molecule has 0 aromatic heterocycles. The first-order valence-corrected chi connectivity index (χ1v) is 8.29. The van der Waals surface area contributed by atoms with Crippen molar-refractivity contribution < 1.29 is 9.59 Å². The highest BCUT2D eigenvalue weighted by Gasteiger charge is 2.38. The van der Waals surface area contributed by atoms with Crippen LogP contribution in [0.2, 0.25) is 5.02 Å². The van der Waals surface area contributed by atoms with Crippen LogP contribution in [0.5, 0.6) is 0 Å². The van der Waals surface area contributed by atoms with Crippen molar-refractivity contribution in [2.75, 3.05) is 11.9 Å². The Bertz CT molecular complexity index is 596. The normalized spacial score (nSPS) is 22.4. The third-order valence-electron chi connectivity index (χ3n) is 4.75. The van der Waals surface area contributed by atoms with E-state index in [1.165, 1.54) is 12.8 Å². The van der Waals surface area contributed by atoms with E-state index < -0.39 is 0 Å². The maximum absolute atomic E-state index is 12.5. The van der Waals surface area contributed by atoms with Gasteiger partial charge in [0.2, 0.25) is 11.8 Å². The summed E-state index contributed by atoms with van der Waals surface area (Å²) in [6.07, 6.45) is 4.85. The van der Waals surface area contributed by atoms with Gasteiger partial charge in [-0.25, -0.2) is 0 Å². The molecule has 1 aromatic carbocycles. The summed E-state index contributed by atoms with van der Waals surface area (Å²) in [5, 5.41) is 3.52. The standard InChI is InChI=1S/C17H21ClN2O2/c1-11-6-7-13(18)9-15(11)19-17(22)12-8-16(21)20(10-12)14-4-2-3-5-14/h6-7,9,12,14H,2-5,8,10H2,1H3,(H,19,22). The van der Waals surface area contributed by atoms with Crippen molar-refractivity contribution in [2.24, 2.45) is 5.92 Å². The second-order valence-corrected chi connectivity index (χ2v) is 6.77. The van der Waals surface area contributed by atoms with E-state index in [0.29, 0.717) is 24.0 Å². The number of anilines is 1. The van der Waals surface area contributed by atoms with Gasteiger partial charge < -0.3 is 10.2 Å². The molecule has 1 heterocycles. The van der Waals surface area contributed by atoms with Crippen LogP contribution in [-0.4, -0.2) is 29.3 Å². The highest BCUT2D eigenvalue weighted by atomic mass is 35.5. The predicted octanol–water partition coefficient (Wildman–Crippen LogP) is 3.38. The number of hydrogen-bond acceptors (Lipinski definition) is 2. The van der Waals surface area contributed by atoms with E-state index in [1.54, 1.807) is 12.1 Å². The van der Waals surface area contributed by atoms with Gasteiger partial charge >= 0.3 is 0 Å². The fraction of sp³-hybridized carbons (Fsp3) is 0.529. The Hall–Kier alpha value is -1.55. The van der Waals surface area contributed by atoms with Gasteiger partial charge in [0, 0.05) is 29.7 Å². The fourth-order valence-electron chi connectivity index (χ4n) is 3.44. The average molecular weight is 321 g/mol. The Kier molecular flexibility index (Phi) is 4.39. The van der Waals surface area contributed by atoms with E-state index in [1.807, 2.05) is 17.9 Å². The average Bonchev–Trinajstić information content (AvgIpc) is 3.11. The lowest BCUT2D eigenvalue weighted by Gasteiger charge is -2.24. The number of aryl methyl sites for hydroxylation is 1. The van der Waals surface area contributed by atoms with Crippen LogP contribution >= 0.6 is 11.6 Å². The molecule has 1 unspecified atom stereocenters. The first-order valence-electron chi connectivity index (χ1n) is 7.91. The summed E-state index contributed by atoms with van der Waals surface area (Å²) >= 11 is 5.98. The van der Waals surface area contributed by atoms with Gasteiger partial charge in [-0.3, -0.25) is 9.59 Å². The summed E-state index contributed by atoms with van der Waals surface area (Å²) in [7, 11) is 0. The zero-order chi connectivity index (χ0) is 15.7. The molecule has 22 heavy (non-hydrogen) atoms. The van der Waals surface area contributed by atoms with Crippen molar-refractivity contribution in [1.82, 2.24) is 4.90 Å². The number of hydrogen-bond donors (Lipinski definition) is 1. The Morgan fingerprint density at radius 1 is 1.32 bits per heavy atom. The molecular formula is C17H21ClN2O2. The van der Waals surface area contributed by atoms with Crippen LogP contribution in [0, 0.1) is 12.8 Å². The lowest BCUT2D eigenvalue weighted by molar-refractivity contribution is -0.129. The number of amides is 2. The minimum Gasteiger partial charge on any atom is -0.339 e. The number of benzene rings is 1. The van der Waals surface area contributed by atoms with Gasteiger partial charge in [-0.15, -0.1) is 0 Å². The maximum Gasteiger partial charge on any atom is 0.229 e. The molecule has 3 rings (SSSR count). The van der Waals surface area contributed by atoms with Gasteiger partial charge in [-0.1, -0.05) is 30.5 Å². The Labute approximate surface area is 135 Å². The molecule has 1 aliphatic heterocycles. The molecule has 4 nitrogen and oxygen atoms in total. The van der Waals surface area contributed by atoms with E-state index in [-0.39, 0.29) is 17.7 Å². The van der Waals surface area contributed by atoms with Crippen LogP contribution in [0.1, 0.15) is 37.7 Å². The zero-order valence-electron chi connectivity index (χ0n) is 12.8. The van der Waals surface area contributed by atoms with E-state index >= 15 is 0 Å². The van der Waals surface area contributed by atoms with Gasteiger partial charge in [0.1, 0.15) is 0 Å². The molecule has 2 amide bonds. The molecular weight excluding hydrogens is 300 g/mol. The first kappa shape index (κ1) is 15.3. The number of rotatable bonds is 3. The van der Waals surface area contributed by atoms with Crippen molar-refractivity contribution in [2.45, 2.75) is 45.1 Å². The second-order valence-electron chi connectivity index (χ2n) is 6.33. The van der Waals surface area contributed by atoms with Crippen LogP contribution in [0.25, 0.3) is 0 Å². The number of nitrogens with zero attached hydrogens (tertiary/aromatic N) is 1. The first-order chi connectivity index (χ1) is 10.5. The molecule has 1 aliphatic carbocycles. The summed E-state index contributed by atoms with van der Waals surface area (Å²) < 4.78 is 0. The highest BCUT2D eigenvalue weighted by Crippen LogP contribution is 2.30. The summed E-state index contributed by atoms with van der Waals surface area (Å²) in [6, 6.07) is 5.77. The van der Waals surface area contributed by atoms with Gasteiger partial charge in [-0.2, -0.15) is 0 Å². The summed E-state index contributed by atoms with van der Waals surface area (Å²) in [4.78, 5) is 26.5. The van der Waals surface area contributed by atoms with Gasteiger partial charge in [0.15, 0.2) is 0 Å². The molecule has 118 valence electrons. The Balaban J connectivity index is 1.65. The molecule has 0 bridgehead atoms. The van der Waals surface area contributed by atoms with E-state index in [9.17, 15) is 9.59 Å². The lowest BCUT2D eigenvalue weighted by Crippen LogP contribution is -2.35. The van der Waals surface area contributed by atoms with Gasteiger partial charge in [0.25, 0.3) is 0 Å². The van der Waals surface area contributed by atoms with Crippen LogP contribution in [0.3, 0.4) is 0 Å². The molecule has 0 spiro atoms. The topological polar surface area (TPSA) is 49.4 Å². The van der Waals surface area contributed by atoms with Crippen LogP contribution < -0.4 is 5.32 Å². The zero-order valence-corrected chi connectivity index (χ0v) is 13.5.